The minimum Gasteiger partial charge on any atom is -0.496 e. The fraction of sp³-hybridized carbons (Fsp3) is 0.167. The average Bonchev–Trinajstić information content (AvgIpc) is 3.15. The summed E-state index contributed by atoms with van der Waals surface area (Å²) in [6.45, 7) is 0. The highest BCUT2D eigenvalue weighted by Crippen LogP contribution is 2.34. The highest BCUT2D eigenvalue weighted by atomic mass is 32.1. The number of anilines is 1. The van der Waals surface area contributed by atoms with Gasteiger partial charge in [0.05, 0.1) is 19.8 Å². The topological polar surface area (TPSA) is 73.3 Å². The minimum absolute atomic E-state index is 0.130. The van der Waals surface area contributed by atoms with Crippen molar-refractivity contribution in [1.29, 1.82) is 0 Å². The van der Waals surface area contributed by atoms with Gasteiger partial charge in [0, 0.05) is 5.56 Å². The van der Waals surface area contributed by atoms with Crippen LogP contribution in [0.3, 0.4) is 0 Å². The molecule has 0 saturated carbocycles. The van der Waals surface area contributed by atoms with E-state index in [9.17, 15) is 18.0 Å². The first-order valence-electron chi connectivity index (χ1n) is 7.87. The molecule has 0 aliphatic heterocycles. The molecular weight excluding hydrogens is 395 g/mol. The van der Waals surface area contributed by atoms with Gasteiger partial charge in [-0.3, -0.25) is 10.1 Å². The number of halogens is 3. The number of benzene rings is 2. The summed E-state index contributed by atoms with van der Waals surface area (Å²) in [6, 6.07) is 9.61. The van der Waals surface area contributed by atoms with Crippen LogP contribution < -0.4 is 14.8 Å². The maximum absolute atomic E-state index is 12.9. The van der Waals surface area contributed by atoms with Gasteiger partial charge in [0.2, 0.25) is 5.13 Å². The molecule has 0 atom stereocenters. The number of hydrogen-bond acceptors (Lipinski definition) is 6. The number of alkyl halides is 3. The summed E-state index contributed by atoms with van der Waals surface area (Å²) in [6.07, 6.45) is -4.46. The number of rotatable bonds is 5. The van der Waals surface area contributed by atoms with Crippen LogP contribution in [-0.4, -0.2) is 30.3 Å². The van der Waals surface area contributed by atoms with Gasteiger partial charge in [-0.15, -0.1) is 10.2 Å². The van der Waals surface area contributed by atoms with Crippen LogP contribution in [0.4, 0.5) is 18.3 Å². The summed E-state index contributed by atoms with van der Waals surface area (Å²) in [7, 11) is 2.84. The van der Waals surface area contributed by atoms with Crippen LogP contribution in [0.15, 0.2) is 42.5 Å². The SMILES string of the molecule is COc1cccc(OC)c1C(=O)Nc1nnc(-c2cccc(C(F)(F)F)c2)s1. The van der Waals surface area contributed by atoms with Crippen molar-refractivity contribution in [3.05, 3.63) is 53.6 Å². The van der Waals surface area contributed by atoms with Gasteiger partial charge < -0.3 is 9.47 Å². The normalized spacial score (nSPS) is 11.2. The predicted octanol–water partition coefficient (Wildman–Crippen LogP) is 4.49. The molecule has 0 aliphatic carbocycles. The molecule has 10 heteroatoms. The van der Waals surface area contributed by atoms with Crippen LogP contribution in [0, 0.1) is 0 Å². The molecule has 0 aliphatic rings. The largest absolute Gasteiger partial charge is 0.496 e. The lowest BCUT2D eigenvalue weighted by atomic mass is 10.1. The second-order valence-electron chi connectivity index (χ2n) is 5.48. The summed E-state index contributed by atoms with van der Waals surface area (Å²) in [5, 5.41) is 10.6. The highest BCUT2D eigenvalue weighted by Gasteiger charge is 2.30. The maximum atomic E-state index is 12.9. The molecular formula is C18H14F3N3O3S. The lowest BCUT2D eigenvalue weighted by molar-refractivity contribution is -0.137. The van der Waals surface area contributed by atoms with Crippen molar-refractivity contribution in [3.8, 4) is 22.1 Å². The Morgan fingerprint density at radius 3 is 2.29 bits per heavy atom. The molecule has 3 aromatic rings. The third-order valence-electron chi connectivity index (χ3n) is 3.74. The smallest absolute Gasteiger partial charge is 0.416 e. The number of hydrogen-bond donors (Lipinski definition) is 1. The first-order valence-corrected chi connectivity index (χ1v) is 8.68. The number of amides is 1. The van der Waals surface area contributed by atoms with Crippen LogP contribution in [0.2, 0.25) is 0 Å². The lowest BCUT2D eigenvalue weighted by Crippen LogP contribution is -2.14. The lowest BCUT2D eigenvalue weighted by Gasteiger charge is -2.11. The van der Waals surface area contributed by atoms with Crippen molar-refractivity contribution in [3.63, 3.8) is 0 Å². The Morgan fingerprint density at radius 1 is 1.04 bits per heavy atom. The number of aromatic nitrogens is 2. The number of ether oxygens (including phenoxy) is 2. The van der Waals surface area contributed by atoms with Crippen molar-refractivity contribution in [2.45, 2.75) is 6.18 Å². The van der Waals surface area contributed by atoms with Gasteiger partial charge in [-0.25, -0.2) is 0 Å². The summed E-state index contributed by atoms with van der Waals surface area (Å²) < 4.78 is 49.0. The zero-order valence-corrected chi connectivity index (χ0v) is 15.5. The molecule has 0 spiro atoms. The number of carbonyl (C=O) groups is 1. The van der Waals surface area contributed by atoms with E-state index in [0.717, 1.165) is 23.5 Å². The molecule has 0 fully saturated rings. The van der Waals surface area contributed by atoms with Crippen molar-refractivity contribution in [2.75, 3.05) is 19.5 Å². The van der Waals surface area contributed by atoms with Gasteiger partial charge in [-0.1, -0.05) is 29.5 Å². The van der Waals surface area contributed by atoms with Gasteiger partial charge in [0.25, 0.3) is 5.91 Å². The molecule has 2 aromatic carbocycles. The third kappa shape index (κ3) is 4.06. The van der Waals surface area contributed by atoms with Gasteiger partial charge in [-0.2, -0.15) is 13.2 Å². The molecule has 1 heterocycles. The molecule has 146 valence electrons. The monoisotopic (exact) mass is 409 g/mol. The Kier molecular flexibility index (Phi) is 5.50. The van der Waals surface area contributed by atoms with Gasteiger partial charge in [0.15, 0.2) is 0 Å². The maximum Gasteiger partial charge on any atom is 0.416 e. The van der Waals surface area contributed by atoms with E-state index in [1.54, 1.807) is 18.2 Å². The highest BCUT2D eigenvalue weighted by molar-refractivity contribution is 7.18. The second kappa shape index (κ2) is 7.85. The van der Waals surface area contributed by atoms with Gasteiger partial charge in [-0.05, 0) is 24.3 Å². The van der Waals surface area contributed by atoms with Crippen LogP contribution in [-0.2, 0) is 6.18 Å². The predicted molar refractivity (Wildman–Crippen MR) is 97.8 cm³/mol. The number of nitrogens with one attached hydrogen (secondary N) is 1. The molecule has 6 nitrogen and oxygen atoms in total. The molecule has 1 aromatic heterocycles. The average molecular weight is 409 g/mol. The second-order valence-corrected chi connectivity index (χ2v) is 6.46. The van der Waals surface area contributed by atoms with E-state index >= 15 is 0 Å². The molecule has 1 N–H and O–H groups in total. The molecule has 0 bridgehead atoms. The summed E-state index contributed by atoms with van der Waals surface area (Å²) >= 11 is 0.952. The zero-order chi connectivity index (χ0) is 20.3. The van der Waals surface area contributed by atoms with Crippen LogP contribution in [0.1, 0.15) is 15.9 Å². The van der Waals surface area contributed by atoms with E-state index in [-0.39, 0.29) is 21.3 Å². The van der Waals surface area contributed by atoms with Crippen molar-refractivity contribution in [2.24, 2.45) is 0 Å². The quantitative estimate of drug-likeness (QED) is 0.672. The summed E-state index contributed by atoms with van der Waals surface area (Å²) in [5.41, 5.74) is -0.365. The van der Waals surface area contributed by atoms with Crippen molar-refractivity contribution >= 4 is 22.4 Å². The van der Waals surface area contributed by atoms with Gasteiger partial charge in [0.1, 0.15) is 22.1 Å². The van der Waals surface area contributed by atoms with E-state index < -0.39 is 17.6 Å². The van der Waals surface area contributed by atoms with E-state index in [1.807, 2.05) is 0 Å². The van der Waals surface area contributed by atoms with E-state index in [1.165, 1.54) is 26.4 Å². The molecule has 3 rings (SSSR count). The third-order valence-corrected chi connectivity index (χ3v) is 4.62. The van der Waals surface area contributed by atoms with E-state index in [2.05, 4.69) is 15.5 Å². The Bertz CT molecular complexity index is 983. The van der Waals surface area contributed by atoms with Gasteiger partial charge >= 0.3 is 6.18 Å². The van der Waals surface area contributed by atoms with Crippen LogP contribution in [0.25, 0.3) is 10.6 Å². The number of nitrogens with zero attached hydrogens (tertiary/aromatic N) is 2. The first kappa shape index (κ1) is 19.6. The molecule has 28 heavy (non-hydrogen) atoms. The Morgan fingerprint density at radius 2 is 1.68 bits per heavy atom. The van der Waals surface area contributed by atoms with Crippen molar-refractivity contribution < 1.29 is 27.4 Å². The molecule has 0 unspecified atom stereocenters. The zero-order valence-electron chi connectivity index (χ0n) is 14.7. The fourth-order valence-electron chi connectivity index (χ4n) is 2.45. The molecule has 1 amide bonds. The molecule has 0 saturated heterocycles. The van der Waals surface area contributed by atoms with Crippen LogP contribution in [0.5, 0.6) is 11.5 Å². The van der Waals surface area contributed by atoms with Crippen LogP contribution >= 0.6 is 11.3 Å². The first-order chi connectivity index (χ1) is 13.3. The fourth-order valence-corrected chi connectivity index (χ4v) is 3.19. The number of carbonyl (C=O) groups excluding carboxylic acids is 1. The summed E-state index contributed by atoms with van der Waals surface area (Å²) in [5.74, 6) is 0.0694. The standard InChI is InChI=1S/C18H14F3N3O3S/c1-26-12-7-4-8-13(27-2)14(12)15(25)22-17-24-23-16(28-17)10-5-3-6-11(9-10)18(19,20)21/h3-9H,1-2H3,(H,22,24,25). The van der Waals surface area contributed by atoms with E-state index in [4.69, 9.17) is 9.47 Å². The molecule has 0 radical (unpaired) electrons. The minimum atomic E-state index is -4.46. The Labute approximate surface area is 161 Å². The summed E-state index contributed by atoms with van der Waals surface area (Å²) in [4.78, 5) is 12.6. The Balaban J connectivity index is 1.86. The van der Waals surface area contributed by atoms with E-state index in [0.29, 0.717) is 11.5 Å². The van der Waals surface area contributed by atoms with Crippen molar-refractivity contribution in [1.82, 2.24) is 10.2 Å². The Hall–Kier alpha value is -3.14. The number of methoxy groups -OCH3 is 2.